The van der Waals surface area contributed by atoms with Gasteiger partial charge in [-0.25, -0.2) is 9.79 Å². The molecule has 0 aromatic rings. The molecule has 1 aliphatic rings. The van der Waals surface area contributed by atoms with Gasteiger partial charge in [-0.1, -0.05) is 6.92 Å². The Labute approximate surface area is 104 Å². The molecule has 0 aliphatic carbocycles. The normalized spacial score (nSPS) is 24.1. The van der Waals surface area contributed by atoms with Crippen molar-refractivity contribution in [2.24, 2.45) is 22.4 Å². The van der Waals surface area contributed by atoms with Crippen LogP contribution in [0.3, 0.4) is 0 Å². The Bertz CT molecular complexity index is 416. The lowest BCUT2D eigenvalue weighted by Crippen LogP contribution is -2.68. The van der Waals surface area contributed by atoms with Crippen molar-refractivity contribution in [1.82, 2.24) is 4.90 Å². The molecule has 100 valence electrons. The zero-order chi connectivity index (χ0) is 14.0. The topological polar surface area (TPSA) is 139 Å². The molecule has 0 radical (unpaired) electrons. The van der Waals surface area contributed by atoms with Crippen LogP contribution in [0.1, 0.15) is 20.3 Å². The molecule has 18 heavy (non-hydrogen) atoms. The monoisotopic (exact) mass is 256 g/mol. The van der Waals surface area contributed by atoms with Crippen molar-refractivity contribution in [1.29, 1.82) is 0 Å². The Morgan fingerprint density at radius 1 is 1.50 bits per heavy atom. The molecule has 0 spiro atoms. The Hall–Kier alpha value is -2.12. The lowest BCUT2D eigenvalue weighted by molar-refractivity contribution is -0.177. The van der Waals surface area contributed by atoms with Crippen LogP contribution in [-0.2, 0) is 14.4 Å². The van der Waals surface area contributed by atoms with Gasteiger partial charge >= 0.3 is 5.97 Å². The van der Waals surface area contributed by atoms with Crippen molar-refractivity contribution >= 4 is 23.7 Å². The Balaban J connectivity index is 3.02. The summed E-state index contributed by atoms with van der Waals surface area (Å²) in [6.45, 7) is 2.88. The molecule has 0 saturated carbocycles. The number of carboxylic acid groups (broad SMARTS) is 1. The van der Waals surface area contributed by atoms with Crippen LogP contribution in [0.5, 0.6) is 0 Å². The van der Waals surface area contributed by atoms with E-state index in [2.05, 4.69) is 4.99 Å². The van der Waals surface area contributed by atoms with Crippen LogP contribution < -0.4 is 11.5 Å². The molecule has 3 atom stereocenters. The van der Waals surface area contributed by atoms with E-state index in [1.54, 1.807) is 6.92 Å². The van der Waals surface area contributed by atoms with Crippen LogP contribution in [0.2, 0.25) is 0 Å². The van der Waals surface area contributed by atoms with E-state index in [1.165, 1.54) is 0 Å². The number of nitrogens with two attached hydrogens (primary N) is 2. The van der Waals surface area contributed by atoms with Gasteiger partial charge in [-0.2, -0.15) is 0 Å². The van der Waals surface area contributed by atoms with E-state index in [-0.39, 0.29) is 5.96 Å². The van der Waals surface area contributed by atoms with E-state index in [4.69, 9.17) is 16.6 Å². The van der Waals surface area contributed by atoms with Crippen LogP contribution in [0, 0.1) is 5.92 Å². The van der Waals surface area contributed by atoms with Gasteiger partial charge in [0.05, 0.1) is 12.0 Å². The maximum Gasteiger partial charge on any atom is 0.327 e. The number of amides is 2. The summed E-state index contributed by atoms with van der Waals surface area (Å²) in [7, 11) is 0. The van der Waals surface area contributed by atoms with Gasteiger partial charge in [-0.05, 0) is 6.42 Å². The third kappa shape index (κ3) is 2.27. The van der Waals surface area contributed by atoms with Gasteiger partial charge in [0, 0.05) is 6.92 Å². The summed E-state index contributed by atoms with van der Waals surface area (Å²) in [5.74, 6) is -3.48. The number of guanidine groups is 1. The molecule has 0 bridgehead atoms. The Kier molecular flexibility index (Phi) is 3.89. The number of imide groups is 1. The molecule has 1 aliphatic heterocycles. The molecule has 8 nitrogen and oxygen atoms in total. The summed E-state index contributed by atoms with van der Waals surface area (Å²) in [5, 5.41) is 9.06. The lowest BCUT2D eigenvalue weighted by atomic mass is 9.80. The average molecular weight is 256 g/mol. The molecule has 1 unspecified atom stereocenters. The van der Waals surface area contributed by atoms with Crippen molar-refractivity contribution in [3.05, 3.63) is 0 Å². The fraction of sp³-hybridized carbons (Fsp3) is 0.600. The molecule has 1 rings (SSSR count). The number of nitrogens with zero attached hydrogens (tertiary/aromatic N) is 2. The number of hydrogen-bond donors (Lipinski definition) is 3. The summed E-state index contributed by atoms with van der Waals surface area (Å²) in [4.78, 5) is 38.6. The number of carbonyl (C=O) groups is 3. The van der Waals surface area contributed by atoms with Crippen molar-refractivity contribution in [2.45, 2.75) is 32.4 Å². The fourth-order valence-corrected chi connectivity index (χ4v) is 2.12. The van der Waals surface area contributed by atoms with Crippen molar-refractivity contribution in [3.8, 4) is 0 Å². The minimum atomic E-state index is -1.24. The van der Waals surface area contributed by atoms with E-state index < -0.39 is 35.8 Å². The smallest absolute Gasteiger partial charge is 0.327 e. The molecule has 1 fully saturated rings. The van der Waals surface area contributed by atoms with E-state index in [0.717, 1.165) is 11.8 Å². The van der Waals surface area contributed by atoms with Gasteiger partial charge in [-0.15, -0.1) is 0 Å². The highest BCUT2D eigenvalue weighted by molar-refractivity contribution is 6.07. The third-order valence-electron chi connectivity index (χ3n) is 2.88. The predicted octanol–water partition coefficient (Wildman–Crippen LogP) is -1.50. The highest BCUT2D eigenvalue weighted by atomic mass is 16.4. The predicted molar refractivity (Wildman–Crippen MR) is 62.3 cm³/mol. The summed E-state index contributed by atoms with van der Waals surface area (Å²) in [6.07, 6.45) is 0.407. The van der Waals surface area contributed by atoms with Crippen molar-refractivity contribution in [2.75, 3.05) is 0 Å². The highest BCUT2D eigenvalue weighted by Gasteiger charge is 2.56. The molecule has 5 N–H and O–H groups in total. The number of aliphatic imine (C=N–C) groups is 1. The number of carboxylic acids is 1. The second-order valence-corrected chi connectivity index (χ2v) is 4.07. The first-order chi connectivity index (χ1) is 8.31. The Morgan fingerprint density at radius 3 is 2.39 bits per heavy atom. The van der Waals surface area contributed by atoms with Gasteiger partial charge in [0.1, 0.15) is 0 Å². The van der Waals surface area contributed by atoms with Crippen LogP contribution in [0.15, 0.2) is 4.99 Å². The SMILES string of the molecule is CCC(N=C(N)N)[C@H]1C(=O)N(C(C)=O)[C@@H]1C(=O)O. The van der Waals surface area contributed by atoms with E-state index >= 15 is 0 Å². The summed E-state index contributed by atoms with van der Waals surface area (Å²) in [6, 6.07) is -1.82. The third-order valence-corrected chi connectivity index (χ3v) is 2.88. The average Bonchev–Trinajstić information content (AvgIpc) is 2.22. The molecular weight excluding hydrogens is 240 g/mol. The first-order valence-electron chi connectivity index (χ1n) is 5.46. The van der Waals surface area contributed by atoms with Crippen LogP contribution in [-0.4, -0.2) is 45.8 Å². The van der Waals surface area contributed by atoms with E-state index in [0.29, 0.717) is 6.42 Å². The molecule has 8 heteroatoms. The zero-order valence-electron chi connectivity index (χ0n) is 10.2. The van der Waals surface area contributed by atoms with E-state index in [1.807, 2.05) is 0 Å². The van der Waals surface area contributed by atoms with Crippen LogP contribution in [0.4, 0.5) is 0 Å². The second-order valence-electron chi connectivity index (χ2n) is 4.07. The number of aliphatic carboxylic acids is 1. The maximum absolute atomic E-state index is 11.8. The number of hydrogen-bond acceptors (Lipinski definition) is 4. The van der Waals surface area contributed by atoms with Gasteiger partial charge in [0.15, 0.2) is 12.0 Å². The maximum atomic E-state index is 11.8. The number of likely N-dealkylation sites (tertiary alicyclic amines) is 1. The minimum absolute atomic E-state index is 0.208. The first kappa shape index (κ1) is 13.9. The minimum Gasteiger partial charge on any atom is -0.480 e. The molecule has 0 aromatic carbocycles. The van der Waals surface area contributed by atoms with Gasteiger partial charge in [0.25, 0.3) is 0 Å². The van der Waals surface area contributed by atoms with Gasteiger partial charge in [-0.3, -0.25) is 14.5 Å². The number of rotatable bonds is 4. The summed E-state index contributed by atoms with van der Waals surface area (Å²) in [5.41, 5.74) is 10.5. The molecule has 1 heterocycles. The number of β-lactam (4-membered cyclic amide) rings is 1. The molecule has 2 amide bonds. The highest BCUT2D eigenvalue weighted by Crippen LogP contribution is 2.32. The van der Waals surface area contributed by atoms with Gasteiger partial charge < -0.3 is 16.6 Å². The standard InChI is InChI=1S/C10H16N4O4/c1-3-5(13-10(11)12)6-7(9(17)18)14(4(2)15)8(6)16/h5-7H,3H2,1-2H3,(H,17,18)(H4,11,12,13)/t5?,6-,7+/m1/s1. The molecule has 1 saturated heterocycles. The quantitative estimate of drug-likeness (QED) is 0.317. The number of carbonyl (C=O) groups excluding carboxylic acids is 2. The fourth-order valence-electron chi connectivity index (χ4n) is 2.12. The second kappa shape index (κ2) is 5.03. The van der Waals surface area contributed by atoms with Gasteiger partial charge in [0.2, 0.25) is 11.8 Å². The lowest BCUT2D eigenvalue weighted by Gasteiger charge is -2.44. The van der Waals surface area contributed by atoms with Crippen LogP contribution >= 0.6 is 0 Å². The largest absolute Gasteiger partial charge is 0.480 e. The Morgan fingerprint density at radius 2 is 2.06 bits per heavy atom. The molecule has 0 aromatic heterocycles. The van der Waals surface area contributed by atoms with Crippen molar-refractivity contribution in [3.63, 3.8) is 0 Å². The van der Waals surface area contributed by atoms with Crippen LogP contribution in [0.25, 0.3) is 0 Å². The summed E-state index contributed by atoms with van der Waals surface area (Å²) >= 11 is 0. The first-order valence-corrected chi connectivity index (χ1v) is 5.46. The summed E-state index contributed by atoms with van der Waals surface area (Å²) < 4.78 is 0. The van der Waals surface area contributed by atoms with Crippen molar-refractivity contribution < 1.29 is 19.5 Å². The molecular formula is C10H16N4O4. The van der Waals surface area contributed by atoms with E-state index in [9.17, 15) is 14.4 Å². The zero-order valence-corrected chi connectivity index (χ0v) is 10.2.